The van der Waals surface area contributed by atoms with Gasteiger partial charge in [-0.15, -0.1) is 0 Å². The predicted molar refractivity (Wildman–Crippen MR) is 80.7 cm³/mol. The number of benzene rings is 2. The van der Waals surface area contributed by atoms with E-state index < -0.39 is 4.92 Å². The highest BCUT2D eigenvalue weighted by Crippen LogP contribution is 2.31. The molecule has 1 unspecified atom stereocenters. The molecule has 0 saturated carbocycles. The molecule has 0 saturated heterocycles. The van der Waals surface area contributed by atoms with E-state index in [0.29, 0.717) is 5.69 Å². The Kier molecular flexibility index (Phi) is 4.20. The van der Waals surface area contributed by atoms with E-state index in [1.165, 1.54) is 11.6 Å². The third-order valence-electron chi connectivity index (χ3n) is 3.04. The highest BCUT2D eigenvalue weighted by Gasteiger charge is 2.18. The van der Waals surface area contributed by atoms with Crippen molar-refractivity contribution >= 4 is 17.1 Å². The van der Waals surface area contributed by atoms with E-state index in [-0.39, 0.29) is 17.4 Å². The van der Waals surface area contributed by atoms with Crippen molar-refractivity contribution in [3.8, 4) is 0 Å². The Bertz CT molecular complexity index is 599. The Morgan fingerprint density at radius 2 is 1.90 bits per heavy atom. The fourth-order valence-corrected chi connectivity index (χ4v) is 2.17. The smallest absolute Gasteiger partial charge is 0.314 e. The highest BCUT2D eigenvalue weighted by molar-refractivity contribution is 5.74. The fraction of sp³-hybridized carbons (Fsp3) is 0.200. The van der Waals surface area contributed by atoms with Crippen LogP contribution in [-0.4, -0.2) is 11.0 Å². The number of nitro groups is 1. The molecule has 3 N–H and O–H groups in total. The SMILES string of the molecule is CC(Cc1ccccc1)Nc1cccc(N)c1[N+](=O)[O-]. The van der Waals surface area contributed by atoms with E-state index in [9.17, 15) is 10.1 Å². The Morgan fingerprint density at radius 3 is 2.55 bits per heavy atom. The fourth-order valence-electron chi connectivity index (χ4n) is 2.17. The summed E-state index contributed by atoms with van der Waals surface area (Å²) >= 11 is 0. The summed E-state index contributed by atoms with van der Waals surface area (Å²) in [6.07, 6.45) is 0.785. The number of nitrogen functional groups attached to an aromatic ring is 1. The van der Waals surface area contributed by atoms with E-state index in [0.717, 1.165) is 6.42 Å². The van der Waals surface area contributed by atoms with Crippen LogP contribution >= 0.6 is 0 Å². The third-order valence-corrected chi connectivity index (χ3v) is 3.04. The van der Waals surface area contributed by atoms with E-state index >= 15 is 0 Å². The average molecular weight is 271 g/mol. The second-order valence-electron chi connectivity index (χ2n) is 4.74. The van der Waals surface area contributed by atoms with Crippen LogP contribution in [-0.2, 0) is 6.42 Å². The number of nitro benzene ring substituents is 1. The molecule has 0 heterocycles. The van der Waals surface area contributed by atoms with Gasteiger partial charge in [-0.05, 0) is 31.0 Å². The molecule has 2 rings (SSSR count). The van der Waals surface area contributed by atoms with Gasteiger partial charge < -0.3 is 11.1 Å². The van der Waals surface area contributed by atoms with Crippen molar-refractivity contribution in [1.29, 1.82) is 0 Å². The zero-order chi connectivity index (χ0) is 14.5. The average Bonchev–Trinajstić information content (AvgIpc) is 2.39. The van der Waals surface area contributed by atoms with E-state index in [1.807, 2.05) is 37.3 Å². The Morgan fingerprint density at radius 1 is 1.20 bits per heavy atom. The normalized spacial score (nSPS) is 11.8. The van der Waals surface area contributed by atoms with Crippen molar-refractivity contribution in [2.45, 2.75) is 19.4 Å². The number of para-hydroxylation sites is 1. The molecular weight excluding hydrogens is 254 g/mol. The summed E-state index contributed by atoms with van der Waals surface area (Å²) in [6.45, 7) is 1.99. The molecule has 0 aliphatic heterocycles. The molecule has 0 spiro atoms. The second kappa shape index (κ2) is 6.06. The summed E-state index contributed by atoms with van der Waals surface area (Å²) in [5, 5.41) is 14.2. The first-order chi connectivity index (χ1) is 9.58. The summed E-state index contributed by atoms with van der Waals surface area (Å²) in [5.41, 5.74) is 7.42. The third kappa shape index (κ3) is 3.26. The molecule has 0 aliphatic carbocycles. The number of nitrogens with one attached hydrogen (secondary N) is 1. The highest BCUT2D eigenvalue weighted by atomic mass is 16.6. The molecule has 104 valence electrons. The predicted octanol–water partition coefficient (Wildman–Crippen LogP) is 3.22. The van der Waals surface area contributed by atoms with Crippen LogP contribution in [0, 0.1) is 10.1 Å². The van der Waals surface area contributed by atoms with Crippen LogP contribution in [0.4, 0.5) is 17.1 Å². The van der Waals surface area contributed by atoms with Crippen LogP contribution in [0.1, 0.15) is 12.5 Å². The first-order valence-electron chi connectivity index (χ1n) is 6.41. The first-order valence-corrected chi connectivity index (χ1v) is 6.41. The molecule has 0 radical (unpaired) electrons. The molecule has 5 nitrogen and oxygen atoms in total. The molecule has 0 aromatic heterocycles. The lowest BCUT2D eigenvalue weighted by molar-refractivity contribution is -0.383. The maximum absolute atomic E-state index is 11.1. The van der Waals surface area contributed by atoms with Gasteiger partial charge in [0.2, 0.25) is 0 Å². The Balaban J connectivity index is 2.14. The molecule has 20 heavy (non-hydrogen) atoms. The minimum absolute atomic E-state index is 0.0626. The molecular formula is C15H17N3O2. The maximum atomic E-state index is 11.1. The minimum Gasteiger partial charge on any atom is -0.393 e. The van der Waals surface area contributed by atoms with Crippen LogP contribution < -0.4 is 11.1 Å². The van der Waals surface area contributed by atoms with E-state index in [4.69, 9.17) is 5.73 Å². The van der Waals surface area contributed by atoms with Crippen molar-refractivity contribution in [3.63, 3.8) is 0 Å². The molecule has 2 aromatic rings. The van der Waals surface area contributed by atoms with Gasteiger partial charge in [-0.25, -0.2) is 0 Å². The van der Waals surface area contributed by atoms with Gasteiger partial charge >= 0.3 is 5.69 Å². The zero-order valence-electron chi connectivity index (χ0n) is 11.2. The topological polar surface area (TPSA) is 81.2 Å². The van der Waals surface area contributed by atoms with Crippen molar-refractivity contribution < 1.29 is 4.92 Å². The quantitative estimate of drug-likeness (QED) is 0.497. The van der Waals surface area contributed by atoms with Crippen LogP contribution in [0.2, 0.25) is 0 Å². The van der Waals surface area contributed by atoms with Gasteiger partial charge in [-0.3, -0.25) is 10.1 Å². The van der Waals surface area contributed by atoms with Gasteiger partial charge in [0.25, 0.3) is 0 Å². The van der Waals surface area contributed by atoms with Crippen molar-refractivity contribution in [2.75, 3.05) is 11.1 Å². The van der Waals surface area contributed by atoms with Crippen LogP contribution in [0.3, 0.4) is 0 Å². The number of anilines is 2. The van der Waals surface area contributed by atoms with Gasteiger partial charge in [0.05, 0.1) is 4.92 Å². The molecule has 0 aliphatic rings. The first kappa shape index (κ1) is 13.9. The largest absolute Gasteiger partial charge is 0.393 e. The Hall–Kier alpha value is -2.56. The van der Waals surface area contributed by atoms with Crippen LogP contribution in [0.15, 0.2) is 48.5 Å². The Labute approximate surface area is 117 Å². The van der Waals surface area contributed by atoms with Gasteiger partial charge in [-0.2, -0.15) is 0 Å². The van der Waals surface area contributed by atoms with Gasteiger partial charge in [0.15, 0.2) is 0 Å². The summed E-state index contributed by atoms with van der Waals surface area (Å²) in [4.78, 5) is 10.6. The van der Waals surface area contributed by atoms with Crippen LogP contribution in [0.5, 0.6) is 0 Å². The zero-order valence-corrected chi connectivity index (χ0v) is 11.2. The van der Waals surface area contributed by atoms with E-state index in [2.05, 4.69) is 5.32 Å². The number of nitrogens with two attached hydrogens (primary N) is 1. The van der Waals surface area contributed by atoms with Crippen molar-refractivity contribution in [2.24, 2.45) is 0 Å². The maximum Gasteiger partial charge on any atom is 0.314 e. The summed E-state index contributed by atoms with van der Waals surface area (Å²) in [6, 6.07) is 15.0. The van der Waals surface area contributed by atoms with Gasteiger partial charge in [0.1, 0.15) is 11.4 Å². The molecule has 2 aromatic carbocycles. The molecule has 0 fully saturated rings. The number of hydrogen-bond donors (Lipinski definition) is 2. The lowest BCUT2D eigenvalue weighted by Gasteiger charge is -2.16. The summed E-state index contributed by atoms with van der Waals surface area (Å²) in [5.74, 6) is 0. The molecule has 1 atom stereocenters. The molecule has 5 heteroatoms. The van der Waals surface area contributed by atoms with Crippen LogP contribution in [0.25, 0.3) is 0 Å². The standard InChI is InChI=1S/C15H17N3O2/c1-11(10-12-6-3-2-4-7-12)17-14-9-5-8-13(16)15(14)18(19)20/h2-9,11,17H,10,16H2,1H3. The number of nitrogens with zero attached hydrogens (tertiary/aromatic N) is 1. The minimum atomic E-state index is -0.451. The lowest BCUT2D eigenvalue weighted by atomic mass is 10.1. The van der Waals surface area contributed by atoms with Crippen molar-refractivity contribution in [3.05, 3.63) is 64.2 Å². The number of rotatable bonds is 5. The summed E-state index contributed by atoms with van der Waals surface area (Å²) < 4.78 is 0. The van der Waals surface area contributed by atoms with Crippen molar-refractivity contribution in [1.82, 2.24) is 0 Å². The number of hydrogen-bond acceptors (Lipinski definition) is 4. The van der Waals surface area contributed by atoms with Gasteiger partial charge in [0, 0.05) is 6.04 Å². The second-order valence-corrected chi connectivity index (χ2v) is 4.74. The van der Waals surface area contributed by atoms with E-state index in [1.54, 1.807) is 12.1 Å². The monoisotopic (exact) mass is 271 g/mol. The lowest BCUT2D eigenvalue weighted by Crippen LogP contribution is -2.19. The van der Waals surface area contributed by atoms with Gasteiger partial charge in [-0.1, -0.05) is 36.4 Å². The molecule has 0 bridgehead atoms. The molecule has 0 amide bonds. The summed E-state index contributed by atoms with van der Waals surface area (Å²) in [7, 11) is 0.